The van der Waals surface area contributed by atoms with Crippen molar-refractivity contribution in [3.63, 3.8) is 0 Å². The van der Waals surface area contributed by atoms with Gasteiger partial charge in [0.05, 0.1) is 18.1 Å². The van der Waals surface area contributed by atoms with Gasteiger partial charge in [0.2, 0.25) is 0 Å². The van der Waals surface area contributed by atoms with E-state index in [9.17, 15) is 4.79 Å². The summed E-state index contributed by atoms with van der Waals surface area (Å²) in [5, 5.41) is 2.95. The molecular formula is C19H21NO5S. The van der Waals surface area contributed by atoms with Crippen LogP contribution in [0.15, 0.2) is 24.3 Å². The van der Waals surface area contributed by atoms with E-state index in [0.717, 1.165) is 29.9 Å². The zero-order valence-corrected chi connectivity index (χ0v) is 15.4. The lowest BCUT2D eigenvalue weighted by molar-refractivity contribution is 0.0954. The Morgan fingerprint density at radius 2 is 2.04 bits per heavy atom. The number of hydrogen-bond donors (Lipinski definition) is 1. The normalized spacial score (nSPS) is 18.6. The molecule has 0 radical (unpaired) electrons. The number of fused-ring (bicyclic) bond motifs is 1. The molecule has 2 aromatic rings. The van der Waals surface area contributed by atoms with Crippen molar-refractivity contribution in [1.82, 2.24) is 5.32 Å². The van der Waals surface area contributed by atoms with Gasteiger partial charge in [-0.3, -0.25) is 4.79 Å². The predicted molar refractivity (Wildman–Crippen MR) is 97.4 cm³/mol. The van der Waals surface area contributed by atoms with Crippen molar-refractivity contribution >= 4 is 17.2 Å². The topological polar surface area (TPSA) is 66.0 Å². The number of nitrogens with one attached hydrogen (secondary N) is 1. The van der Waals surface area contributed by atoms with Crippen LogP contribution in [0, 0.1) is 0 Å². The van der Waals surface area contributed by atoms with Gasteiger partial charge in [-0.15, -0.1) is 11.3 Å². The first-order valence-corrected chi connectivity index (χ1v) is 9.52. The maximum Gasteiger partial charge on any atom is 0.261 e. The third-order valence-corrected chi connectivity index (χ3v) is 5.66. The summed E-state index contributed by atoms with van der Waals surface area (Å²) in [6.07, 6.45) is 2.24. The van der Waals surface area contributed by atoms with Crippen LogP contribution in [0.2, 0.25) is 0 Å². The lowest BCUT2D eigenvalue weighted by Crippen LogP contribution is -2.22. The molecule has 1 aromatic carbocycles. The molecule has 26 heavy (non-hydrogen) atoms. The maximum atomic E-state index is 12.5. The first-order chi connectivity index (χ1) is 12.7. The van der Waals surface area contributed by atoms with Crippen LogP contribution in [0.1, 0.15) is 39.1 Å². The summed E-state index contributed by atoms with van der Waals surface area (Å²) in [7, 11) is 1.60. The maximum absolute atomic E-state index is 12.5. The molecule has 0 saturated carbocycles. The first-order valence-electron chi connectivity index (χ1n) is 8.70. The largest absolute Gasteiger partial charge is 0.496 e. The number of amides is 1. The number of ether oxygens (including phenoxy) is 4. The number of benzene rings is 1. The Bertz CT molecular complexity index is 797. The number of thiophene rings is 1. The second kappa shape index (κ2) is 7.55. The highest BCUT2D eigenvalue weighted by atomic mass is 32.1. The van der Waals surface area contributed by atoms with Gasteiger partial charge >= 0.3 is 0 Å². The summed E-state index contributed by atoms with van der Waals surface area (Å²) in [6.45, 7) is 2.20. The van der Waals surface area contributed by atoms with Gasteiger partial charge in [-0.1, -0.05) is 0 Å². The second-order valence-corrected chi connectivity index (χ2v) is 7.31. The van der Waals surface area contributed by atoms with Crippen LogP contribution in [0.4, 0.5) is 0 Å². The van der Waals surface area contributed by atoms with E-state index in [1.165, 1.54) is 11.3 Å². The van der Waals surface area contributed by atoms with Crippen LogP contribution >= 0.6 is 11.3 Å². The molecule has 1 amide bonds. The van der Waals surface area contributed by atoms with Crippen LogP contribution < -0.4 is 19.5 Å². The highest BCUT2D eigenvalue weighted by molar-refractivity contribution is 7.14. The van der Waals surface area contributed by atoms with E-state index < -0.39 is 0 Å². The van der Waals surface area contributed by atoms with Crippen molar-refractivity contribution in [3.05, 3.63) is 39.6 Å². The molecule has 0 bridgehead atoms. The van der Waals surface area contributed by atoms with Gasteiger partial charge in [0.15, 0.2) is 11.5 Å². The van der Waals surface area contributed by atoms with E-state index >= 15 is 0 Å². The number of hydrogen-bond acceptors (Lipinski definition) is 6. The Hall–Kier alpha value is -2.25. The fourth-order valence-electron chi connectivity index (χ4n) is 3.15. The molecule has 1 saturated heterocycles. The fourth-order valence-corrected chi connectivity index (χ4v) is 4.16. The molecular weight excluding hydrogens is 354 g/mol. The van der Waals surface area contributed by atoms with E-state index in [1.807, 2.05) is 18.2 Å². The molecule has 3 heterocycles. The van der Waals surface area contributed by atoms with E-state index in [-0.39, 0.29) is 12.0 Å². The van der Waals surface area contributed by atoms with Crippen molar-refractivity contribution in [2.24, 2.45) is 0 Å². The molecule has 2 aliphatic rings. The summed E-state index contributed by atoms with van der Waals surface area (Å²) in [6, 6.07) is 7.51. The molecule has 4 rings (SSSR count). The quantitative estimate of drug-likeness (QED) is 0.869. The van der Waals surface area contributed by atoms with Crippen molar-refractivity contribution in [2.75, 3.05) is 26.9 Å². The summed E-state index contributed by atoms with van der Waals surface area (Å²) in [5.41, 5.74) is 0.848. The SMILES string of the molecule is COc1cc2c(cc1CNC(=O)c1ccc([C@@H]3CCCO3)s1)OCCO2. The number of rotatable bonds is 5. The van der Waals surface area contributed by atoms with Crippen molar-refractivity contribution < 1.29 is 23.7 Å². The van der Waals surface area contributed by atoms with Crippen molar-refractivity contribution in [3.8, 4) is 17.2 Å². The molecule has 1 fully saturated rings. The molecule has 1 atom stereocenters. The van der Waals surface area contributed by atoms with Crippen LogP contribution in [-0.2, 0) is 11.3 Å². The minimum Gasteiger partial charge on any atom is -0.496 e. The molecule has 7 heteroatoms. The molecule has 0 spiro atoms. The first kappa shape index (κ1) is 17.2. The van der Waals surface area contributed by atoms with E-state index in [4.69, 9.17) is 18.9 Å². The fraction of sp³-hybridized carbons (Fsp3) is 0.421. The smallest absolute Gasteiger partial charge is 0.261 e. The summed E-state index contributed by atoms with van der Waals surface area (Å²) < 4.78 is 22.3. The molecule has 0 unspecified atom stereocenters. The van der Waals surface area contributed by atoms with Gasteiger partial charge < -0.3 is 24.3 Å². The Balaban J connectivity index is 1.44. The zero-order chi connectivity index (χ0) is 17.9. The average molecular weight is 375 g/mol. The number of carbonyl (C=O) groups excluding carboxylic acids is 1. The van der Waals surface area contributed by atoms with E-state index in [0.29, 0.717) is 41.9 Å². The molecule has 2 aliphatic heterocycles. The van der Waals surface area contributed by atoms with Gasteiger partial charge in [-0.05, 0) is 31.0 Å². The molecule has 6 nitrogen and oxygen atoms in total. The van der Waals surface area contributed by atoms with Crippen LogP contribution in [0.5, 0.6) is 17.2 Å². The van der Waals surface area contributed by atoms with E-state index in [2.05, 4.69) is 5.32 Å². The summed E-state index contributed by atoms with van der Waals surface area (Å²) in [4.78, 5) is 14.3. The van der Waals surface area contributed by atoms with Gasteiger partial charge in [-0.25, -0.2) is 0 Å². The van der Waals surface area contributed by atoms with Crippen molar-refractivity contribution in [1.29, 1.82) is 0 Å². The zero-order valence-electron chi connectivity index (χ0n) is 14.6. The average Bonchev–Trinajstić information content (AvgIpc) is 3.36. The Kier molecular flexibility index (Phi) is 4.99. The lowest BCUT2D eigenvalue weighted by Gasteiger charge is -2.20. The minimum atomic E-state index is -0.101. The summed E-state index contributed by atoms with van der Waals surface area (Å²) >= 11 is 1.49. The highest BCUT2D eigenvalue weighted by Crippen LogP contribution is 2.37. The second-order valence-electron chi connectivity index (χ2n) is 6.19. The lowest BCUT2D eigenvalue weighted by atomic mass is 10.1. The van der Waals surface area contributed by atoms with Gasteiger partial charge in [0, 0.05) is 29.7 Å². The standard InChI is InChI=1S/C19H21NO5S/c1-22-14-10-16-15(24-7-8-25-16)9-12(14)11-20-19(21)18-5-4-17(26-18)13-3-2-6-23-13/h4-5,9-10,13H,2-3,6-8,11H2,1H3,(H,20,21)/t13-/m0/s1. The predicted octanol–water partition coefficient (Wildman–Crippen LogP) is 3.31. The highest BCUT2D eigenvalue weighted by Gasteiger charge is 2.21. The van der Waals surface area contributed by atoms with E-state index in [1.54, 1.807) is 13.2 Å². The molecule has 1 aromatic heterocycles. The molecule has 138 valence electrons. The Morgan fingerprint density at radius 1 is 1.23 bits per heavy atom. The van der Waals surface area contributed by atoms with Gasteiger partial charge in [0.1, 0.15) is 19.0 Å². The van der Waals surface area contributed by atoms with Crippen LogP contribution in [-0.4, -0.2) is 32.8 Å². The monoisotopic (exact) mass is 375 g/mol. The Labute approximate surface area is 156 Å². The molecule has 1 N–H and O–H groups in total. The van der Waals surface area contributed by atoms with Gasteiger partial charge in [0.25, 0.3) is 5.91 Å². The van der Waals surface area contributed by atoms with Gasteiger partial charge in [-0.2, -0.15) is 0 Å². The van der Waals surface area contributed by atoms with Crippen LogP contribution in [0.3, 0.4) is 0 Å². The molecule has 0 aliphatic carbocycles. The van der Waals surface area contributed by atoms with Crippen molar-refractivity contribution in [2.45, 2.75) is 25.5 Å². The third-order valence-electron chi connectivity index (χ3n) is 4.48. The third kappa shape index (κ3) is 3.50. The summed E-state index contributed by atoms with van der Waals surface area (Å²) in [5.74, 6) is 1.91. The minimum absolute atomic E-state index is 0.101. The number of methoxy groups -OCH3 is 1. The Morgan fingerprint density at radius 3 is 2.77 bits per heavy atom. The van der Waals surface area contributed by atoms with Crippen LogP contribution in [0.25, 0.3) is 0 Å². The number of carbonyl (C=O) groups is 1.